The molecule has 0 saturated carbocycles. The molecule has 2 aliphatic heterocycles. The highest BCUT2D eigenvalue weighted by Crippen LogP contribution is 2.40. The number of carbonyl (C=O) groups excluding carboxylic acids is 2. The first-order chi connectivity index (χ1) is 14.2. The first kappa shape index (κ1) is 21.4. The minimum atomic E-state index is -1.32. The Bertz CT molecular complexity index is 974. The summed E-state index contributed by atoms with van der Waals surface area (Å²) in [5, 5.41) is 24.9. The number of methoxy groups -OCH3 is 1. The molecule has 0 aliphatic carbocycles. The Labute approximate surface area is 176 Å². The van der Waals surface area contributed by atoms with Gasteiger partial charge in [-0.05, 0) is 0 Å². The molecule has 1 aromatic rings. The third-order valence-corrected chi connectivity index (χ3v) is 5.92. The van der Waals surface area contributed by atoms with Gasteiger partial charge in [0.2, 0.25) is 6.61 Å². The Kier molecular flexibility index (Phi) is 6.12. The second-order valence-electron chi connectivity index (χ2n) is 5.82. The van der Waals surface area contributed by atoms with Gasteiger partial charge in [-0.3, -0.25) is 14.5 Å². The maximum Gasteiger partial charge on any atom is 0.356 e. The van der Waals surface area contributed by atoms with E-state index in [-0.39, 0.29) is 33.7 Å². The third kappa shape index (κ3) is 4.02. The summed E-state index contributed by atoms with van der Waals surface area (Å²) in [5.74, 6) is -3.79. The van der Waals surface area contributed by atoms with Crippen LogP contribution in [0.4, 0.5) is 5.13 Å². The predicted molar refractivity (Wildman–Crippen MR) is 103 cm³/mol. The molecule has 1 unspecified atom stereocenters. The van der Waals surface area contributed by atoms with Crippen LogP contribution in [0.3, 0.4) is 0 Å². The fourth-order valence-corrected chi connectivity index (χ4v) is 4.57. The van der Waals surface area contributed by atoms with Crippen LogP contribution in [-0.2, 0) is 28.8 Å². The number of carboxylic acid groups (broad SMARTS) is 2. The van der Waals surface area contributed by atoms with Crippen molar-refractivity contribution < 1.29 is 39.0 Å². The first-order valence-corrected chi connectivity index (χ1v) is 10.1. The van der Waals surface area contributed by atoms with Crippen LogP contribution in [0.15, 0.2) is 22.0 Å². The van der Waals surface area contributed by atoms with Crippen molar-refractivity contribution in [2.45, 2.75) is 11.4 Å². The average Bonchev–Trinajstić information content (AvgIpc) is 3.13. The van der Waals surface area contributed by atoms with E-state index in [9.17, 15) is 24.3 Å². The van der Waals surface area contributed by atoms with Gasteiger partial charge in [0.25, 0.3) is 11.8 Å². The van der Waals surface area contributed by atoms with E-state index in [1.807, 2.05) is 0 Å². The van der Waals surface area contributed by atoms with E-state index in [1.165, 1.54) is 24.3 Å². The van der Waals surface area contributed by atoms with Gasteiger partial charge in [0, 0.05) is 5.38 Å². The molecule has 1 aromatic heterocycles. The van der Waals surface area contributed by atoms with E-state index in [4.69, 9.17) is 15.6 Å². The molecule has 0 radical (unpaired) electrons. The van der Waals surface area contributed by atoms with Gasteiger partial charge in [-0.2, -0.15) is 0 Å². The molecular formula is C15H15N5O8S2. The van der Waals surface area contributed by atoms with Crippen LogP contribution in [-0.4, -0.2) is 80.4 Å². The number of rotatable bonds is 8. The summed E-state index contributed by atoms with van der Waals surface area (Å²) in [4.78, 5) is 57.0. The van der Waals surface area contributed by atoms with Gasteiger partial charge in [-0.15, -0.1) is 23.1 Å². The summed E-state index contributed by atoms with van der Waals surface area (Å²) in [6, 6.07) is -1.03. The van der Waals surface area contributed by atoms with Crippen LogP contribution in [0.1, 0.15) is 5.69 Å². The zero-order valence-electron chi connectivity index (χ0n) is 15.2. The number of β-lactam (4-membered cyclic amide) rings is 1. The molecule has 0 spiro atoms. The van der Waals surface area contributed by atoms with E-state index in [0.717, 1.165) is 16.2 Å². The van der Waals surface area contributed by atoms with Crippen molar-refractivity contribution in [3.8, 4) is 0 Å². The Morgan fingerprint density at radius 3 is 2.73 bits per heavy atom. The highest BCUT2D eigenvalue weighted by atomic mass is 32.2. The smallest absolute Gasteiger partial charge is 0.356 e. The number of hydrogen-bond acceptors (Lipinski definition) is 11. The van der Waals surface area contributed by atoms with Gasteiger partial charge in [0.05, 0.1) is 12.9 Å². The molecular weight excluding hydrogens is 442 g/mol. The lowest BCUT2D eigenvalue weighted by atomic mass is 10.0. The predicted octanol–water partition coefficient (Wildman–Crippen LogP) is -1.13. The van der Waals surface area contributed by atoms with Crippen LogP contribution in [0.2, 0.25) is 0 Å². The standard InChI is InChI=1S/C15H15N5O8S2/c1-27-6-4-29-13-9(12(24)20(13)10(6)14(25)26)18-11(23)8(19-28-2-7(21)22)5-3-30-15(16)17-5/h3,9,13H,2,4H2,1H3,(H2,16,17)(H,18,23)(H,21,22)(H,25,26)/t9?,13-/m1/s1. The monoisotopic (exact) mass is 457 g/mol. The van der Waals surface area contributed by atoms with Crippen LogP contribution < -0.4 is 11.1 Å². The third-order valence-electron chi connectivity index (χ3n) is 3.99. The van der Waals surface area contributed by atoms with Crippen molar-refractivity contribution in [1.82, 2.24) is 15.2 Å². The molecule has 1 saturated heterocycles. The number of fused-ring (bicyclic) bond motifs is 1. The zero-order chi connectivity index (χ0) is 22.0. The number of aliphatic carboxylic acids is 2. The molecule has 0 aromatic carbocycles. The Morgan fingerprint density at radius 2 is 2.17 bits per heavy atom. The summed E-state index contributed by atoms with van der Waals surface area (Å²) < 4.78 is 5.04. The lowest BCUT2D eigenvalue weighted by Crippen LogP contribution is -2.71. The normalized spacial score (nSPS) is 20.9. The zero-order valence-corrected chi connectivity index (χ0v) is 16.9. The van der Waals surface area contributed by atoms with Gasteiger partial charge in [0.15, 0.2) is 16.5 Å². The number of nitrogens with two attached hydrogens (primary N) is 1. The van der Waals surface area contributed by atoms with Gasteiger partial charge >= 0.3 is 11.9 Å². The molecule has 30 heavy (non-hydrogen) atoms. The molecule has 13 nitrogen and oxygen atoms in total. The second kappa shape index (κ2) is 8.58. The lowest BCUT2D eigenvalue weighted by Gasteiger charge is -2.48. The SMILES string of the molecule is COC1=C(C(=O)O)N2C(=O)C(NC(=O)C(=NOCC(=O)O)c3csc(N)n3)[C@H]2SC1. The number of ether oxygens (including phenoxy) is 1. The molecule has 1 fully saturated rings. The maximum absolute atomic E-state index is 12.7. The summed E-state index contributed by atoms with van der Waals surface area (Å²) in [5.41, 5.74) is 4.95. The van der Waals surface area contributed by atoms with Crippen molar-refractivity contribution in [3.63, 3.8) is 0 Å². The number of thioether (sulfide) groups is 1. The maximum atomic E-state index is 12.7. The summed E-state index contributed by atoms with van der Waals surface area (Å²) >= 11 is 2.24. The number of thiazole rings is 1. The van der Waals surface area contributed by atoms with Gasteiger partial charge < -0.3 is 30.8 Å². The minimum absolute atomic E-state index is 0.0353. The molecule has 3 rings (SSSR count). The van der Waals surface area contributed by atoms with Crippen LogP contribution in [0, 0.1) is 0 Å². The van der Waals surface area contributed by atoms with Crippen molar-refractivity contribution >= 4 is 57.7 Å². The van der Waals surface area contributed by atoms with Gasteiger partial charge in [-0.1, -0.05) is 5.16 Å². The number of oxime groups is 1. The highest BCUT2D eigenvalue weighted by Gasteiger charge is 2.55. The fraction of sp³-hybridized carbons (Fsp3) is 0.333. The molecule has 2 atom stereocenters. The lowest BCUT2D eigenvalue weighted by molar-refractivity contribution is -0.150. The number of anilines is 1. The van der Waals surface area contributed by atoms with Crippen molar-refractivity contribution in [1.29, 1.82) is 0 Å². The van der Waals surface area contributed by atoms with Gasteiger partial charge in [-0.25, -0.2) is 14.6 Å². The van der Waals surface area contributed by atoms with Gasteiger partial charge in [0.1, 0.15) is 22.9 Å². The minimum Gasteiger partial charge on any atom is -0.498 e. The largest absolute Gasteiger partial charge is 0.498 e. The summed E-state index contributed by atoms with van der Waals surface area (Å²) in [6.45, 7) is -0.794. The van der Waals surface area contributed by atoms with E-state index in [1.54, 1.807) is 0 Å². The van der Waals surface area contributed by atoms with Crippen LogP contribution in [0.25, 0.3) is 0 Å². The fourth-order valence-electron chi connectivity index (χ4n) is 2.71. The van der Waals surface area contributed by atoms with Crippen LogP contribution in [0.5, 0.6) is 0 Å². The van der Waals surface area contributed by atoms with E-state index in [2.05, 4.69) is 20.3 Å². The molecule has 2 aliphatic rings. The number of carbonyl (C=O) groups is 4. The summed E-state index contributed by atoms with van der Waals surface area (Å²) in [6.07, 6.45) is 0. The number of nitrogens with zero attached hydrogens (tertiary/aromatic N) is 3. The first-order valence-electron chi connectivity index (χ1n) is 8.13. The highest BCUT2D eigenvalue weighted by molar-refractivity contribution is 8.00. The van der Waals surface area contributed by atoms with Crippen molar-refractivity contribution in [2.24, 2.45) is 5.16 Å². The number of amides is 2. The Hall–Kier alpha value is -3.33. The number of nitrogen functional groups attached to an aromatic ring is 1. The number of carboxylic acids is 2. The average molecular weight is 457 g/mol. The quantitative estimate of drug-likeness (QED) is 0.210. The number of aromatic nitrogens is 1. The van der Waals surface area contributed by atoms with Crippen molar-refractivity contribution in [3.05, 3.63) is 22.5 Å². The summed E-state index contributed by atoms with van der Waals surface area (Å²) in [7, 11) is 1.31. The Morgan fingerprint density at radius 1 is 1.43 bits per heavy atom. The van der Waals surface area contributed by atoms with E-state index in [0.29, 0.717) is 0 Å². The number of hydrogen-bond donors (Lipinski definition) is 4. The molecule has 15 heteroatoms. The topological polar surface area (TPSA) is 194 Å². The molecule has 5 N–H and O–H groups in total. The molecule has 0 bridgehead atoms. The second-order valence-corrected chi connectivity index (χ2v) is 7.81. The van der Waals surface area contributed by atoms with E-state index < -0.39 is 41.8 Å². The molecule has 160 valence electrons. The van der Waals surface area contributed by atoms with Crippen molar-refractivity contribution in [2.75, 3.05) is 25.2 Å². The number of nitrogens with one attached hydrogen (secondary N) is 1. The van der Waals surface area contributed by atoms with Crippen LogP contribution >= 0.6 is 23.1 Å². The van der Waals surface area contributed by atoms with E-state index >= 15 is 0 Å². The molecule has 2 amide bonds. The molecule has 3 heterocycles. The Balaban J connectivity index is 1.79.